The van der Waals surface area contributed by atoms with Crippen molar-refractivity contribution >= 4 is 35.4 Å². The number of ether oxygens (including phenoxy) is 1. The minimum absolute atomic E-state index is 0. The first-order chi connectivity index (χ1) is 6.22. The first-order valence-corrected chi connectivity index (χ1v) is 4.63. The van der Waals surface area contributed by atoms with Crippen LogP contribution in [0, 0.1) is 0 Å². The predicted octanol–water partition coefficient (Wildman–Crippen LogP) is 2.60. The molecule has 1 aromatic carbocycles. The van der Waals surface area contributed by atoms with Gasteiger partial charge in [-0.05, 0) is 36.8 Å². The fraction of sp³-hybridized carbons (Fsp3) is 0.300. The topological polar surface area (TPSA) is 35.2 Å². The third-order valence-corrected chi connectivity index (χ3v) is 1.90. The van der Waals surface area contributed by atoms with Gasteiger partial charge in [0.1, 0.15) is 0 Å². The van der Waals surface area contributed by atoms with Gasteiger partial charge in [0.25, 0.3) is 0 Å². The normalized spacial score (nSPS) is 8.93. The molecule has 0 bridgehead atoms. The van der Waals surface area contributed by atoms with Gasteiger partial charge in [-0.3, -0.25) is 0 Å². The SMILES string of the molecule is CCOC(=S)Cc1ccc(N)cc1.Cl. The second-order valence-corrected chi connectivity index (χ2v) is 3.18. The van der Waals surface area contributed by atoms with Crippen molar-refractivity contribution < 1.29 is 4.74 Å². The van der Waals surface area contributed by atoms with E-state index in [0.29, 0.717) is 18.1 Å². The molecule has 0 saturated carbocycles. The van der Waals surface area contributed by atoms with Gasteiger partial charge in [0.05, 0.1) is 6.61 Å². The summed E-state index contributed by atoms with van der Waals surface area (Å²) in [5.74, 6) is 0. The van der Waals surface area contributed by atoms with Gasteiger partial charge in [-0.15, -0.1) is 12.4 Å². The summed E-state index contributed by atoms with van der Waals surface area (Å²) in [5.41, 5.74) is 7.45. The van der Waals surface area contributed by atoms with Crippen molar-refractivity contribution in [2.75, 3.05) is 12.3 Å². The zero-order chi connectivity index (χ0) is 9.68. The van der Waals surface area contributed by atoms with Crippen LogP contribution in [0.4, 0.5) is 5.69 Å². The van der Waals surface area contributed by atoms with E-state index in [1.165, 1.54) is 0 Å². The molecule has 0 saturated heterocycles. The maximum Gasteiger partial charge on any atom is 0.164 e. The van der Waals surface area contributed by atoms with Crippen molar-refractivity contribution in [1.29, 1.82) is 0 Å². The molecule has 0 radical (unpaired) electrons. The van der Waals surface area contributed by atoms with Crippen molar-refractivity contribution in [3.05, 3.63) is 29.8 Å². The van der Waals surface area contributed by atoms with Crippen molar-refractivity contribution in [3.8, 4) is 0 Å². The summed E-state index contributed by atoms with van der Waals surface area (Å²) in [6, 6.07) is 7.65. The Balaban J connectivity index is 0.00000169. The standard InChI is InChI=1S/C10H13NOS.ClH/c1-2-12-10(13)7-8-3-5-9(11)6-4-8;/h3-6H,2,7,11H2,1H3;1H. The molecule has 0 heterocycles. The molecule has 1 rings (SSSR count). The van der Waals surface area contributed by atoms with E-state index in [4.69, 9.17) is 22.7 Å². The second kappa shape index (κ2) is 6.62. The van der Waals surface area contributed by atoms with Crippen LogP contribution in [-0.2, 0) is 11.2 Å². The highest BCUT2D eigenvalue weighted by molar-refractivity contribution is 7.80. The highest BCUT2D eigenvalue weighted by atomic mass is 35.5. The van der Waals surface area contributed by atoms with Crippen LogP contribution in [0.25, 0.3) is 0 Å². The maximum absolute atomic E-state index is 5.55. The van der Waals surface area contributed by atoms with E-state index in [1.54, 1.807) is 0 Å². The van der Waals surface area contributed by atoms with Gasteiger partial charge >= 0.3 is 0 Å². The van der Waals surface area contributed by atoms with Gasteiger partial charge in [0.2, 0.25) is 0 Å². The van der Waals surface area contributed by atoms with Gasteiger partial charge in [-0.25, -0.2) is 0 Å². The average molecular weight is 232 g/mol. The van der Waals surface area contributed by atoms with Crippen LogP contribution in [0.5, 0.6) is 0 Å². The monoisotopic (exact) mass is 231 g/mol. The van der Waals surface area contributed by atoms with Crippen LogP contribution in [0.3, 0.4) is 0 Å². The molecule has 0 fully saturated rings. The lowest BCUT2D eigenvalue weighted by Crippen LogP contribution is -2.04. The van der Waals surface area contributed by atoms with E-state index in [2.05, 4.69) is 0 Å². The molecule has 0 aliphatic carbocycles. The number of rotatable bonds is 3. The highest BCUT2D eigenvalue weighted by Gasteiger charge is 1.98. The largest absolute Gasteiger partial charge is 0.487 e. The zero-order valence-corrected chi connectivity index (χ0v) is 9.66. The fourth-order valence-corrected chi connectivity index (χ4v) is 1.30. The second-order valence-electron chi connectivity index (χ2n) is 2.72. The van der Waals surface area contributed by atoms with Crippen LogP contribution in [-0.4, -0.2) is 11.7 Å². The molecular formula is C10H14ClNOS. The average Bonchev–Trinajstić information content (AvgIpc) is 2.09. The summed E-state index contributed by atoms with van der Waals surface area (Å²) in [4.78, 5) is 0. The molecule has 4 heteroatoms. The Hall–Kier alpha value is -0.800. The van der Waals surface area contributed by atoms with E-state index in [0.717, 1.165) is 11.3 Å². The summed E-state index contributed by atoms with van der Waals surface area (Å²) >= 11 is 5.01. The Kier molecular flexibility index (Phi) is 6.25. The number of thiocarbonyl (C=S) groups is 1. The van der Waals surface area contributed by atoms with Crippen molar-refractivity contribution in [3.63, 3.8) is 0 Å². The van der Waals surface area contributed by atoms with E-state index in [9.17, 15) is 0 Å². The van der Waals surface area contributed by atoms with Gasteiger partial charge < -0.3 is 10.5 Å². The highest BCUT2D eigenvalue weighted by Crippen LogP contribution is 2.07. The molecule has 2 N–H and O–H groups in total. The van der Waals surface area contributed by atoms with Crippen LogP contribution >= 0.6 is 24.6 Å². The van der Waals surface area contributed by atoms with E-state index in [1.807, 2.05) is 31.2 Å². The molecule has 0 aromatic heterocycles. The number of hydrogen-bond acceptors (Lipinski definition) is 3. The molecule has 0 spiro atoms. The number of nitrogen functional groups attached to an aromatic ring is 1. The van der Waals surface area contributed by atoms with Crippen LogP contribution in [0.1, 0.15) is 12.5 Å². The Morgan fingerprint density at radius 1 is 1.36 bits per heavy atom. The minimum Gasteiger partial charge on any atom is -0.487 e. The smallest absolute Gasteiger partial charge is 0.164 e. The Bertz CT molecular complexity index is 287. The molecule has 0 aliphatic heterocycles. The minimum atomic E-state index is 0. The lowest BCUT2D eigenvalue weighted by Gasteiger charge is -2.04. The van der Waals surface area contributed by atoms with Crippen LogP contribution in [0.2, 0.25) is 0 Å². The number of halogens is 1. The summed E-state index contributed by atoms with van der Waals surface area (Å²) in [5, 5.41) is 0.632. The van der Waals surface area contributed by atoms with Gasteiger partial charge in [-0.1, -0.05) is 12.1 Å². The fourth-order valence-electron chi connectivity index (χ4n) is 1.01. The first-order valence-electron chi connectivity index (χ1n) is 4.22. The zero-order valence-electron chi connectivity index (χ0n) is 8.03. The maximum atomic E-state index is 5.55. The van der Waals surface area contributed by atoms with Gasteiger partial charge in [-0.2, -0.15) is 0 Å². The van der Waals surface area contributed by atoms with Crippen LogP contribution < -0.4 is 5.73 Å². The Morgan fingerprint density at radius 3 is 2.43 bits per heavy atom. The van der Waals surface area contributed by atoms with Crippen molar-refractivity contribution in [2.45, 2.75) is 13.3 Å². The molecule has 0 aliphatic rings. The molecule has 0 amide bonds. The summed E-state index contributed by atoms with van der Waals surface area (Å²) in [6.07, 6.45) is 0.684. The van der Waals surface area contributed by atoms with E-state index in [-0.39, 0.29) is 12.4 Å². The number of anilines is 1. The van der Waals surface area contributed by atoms with E-state index >= 15 is 0 Å². The third kappa shape index (κ3) is 4.44. The Labute approximate surface area is 95.9 Å². The summed E-state index contributed by atoms with van der Waals surface area (Å²) in [7, 11) is 0. The number of hydrogen-bond donors (Lipinski definition) is 1. The lowest BCUT2D eigenvalue weighted by molar-refractivity contribution is 0.330. The number of benzene rings is 1. The van der Waals surface area contributed by atoms with Gasteiger partial charge in [0.15, 0.2) is 5.05 Å². The number of nitrogens with two attached hydrogens (primary N) is 1. The third-order valence-electron chi connectivity index (χ3n) is 1.63. The quantitative estimate of drug-likeness (QED) is 0.642. The molecule has 2 nitrogen and oxygen atoms in total. The van der Waals surface area contributed by atoms with E-state index < -0.39 is 0 Å². The van der Waals surface area contributed by atoms with Crippen molar-refractivity contribution in [1.82, 2.24) is 0 Å². The summed E-state index contributed by atoms with van der Waals surface area (Å²) < 4.78 is 5.18. The molecule has 0 atom stereocenters. The summed E-state index contributed by atoms with van der Waals surface area (Å²) in [6.45, 7) is 2.56. The molecule has 14 heavy (non-hydrogen) atoms. The molecule has 78 valence electrons. The van der Waals surface area contributed by atoms with Crippen LogP contribution in [0.15, 0.2) is 24.3 Å². The molecule has 1 aromatic rings. The Morgan fingerprint density at radius 2 is 1.93 bits per heavy atom. The van der Waals surface area contributed by atoms with Crippen molar-refractivity contribution in [2.24, 2.45) is 0 Å². The predicted molar refractivity (Wildman–Crippen MR) is 66.0 cm³/mol. The van der Waals surface area contributed by atoms with Gasteiger partial charge in [0, 0.05) is 12.1 Å². The lowest BCUT2D eigenvalue weighted by atomic mass is 10.1. The molecule has 0 unspecified atom stereocenters. The molecular weight excluding hydrogens is 218 g/mol. The first kappa shape index (κ1) is 13.2.